The summed E-state index contributed by atoms with van der Waals surface area (Å²) >= 11 is 11.6. The van der Waals surface area contributed by atoms with Crippen LogP contribution in [0, 0.1) is 0 Å². The Kier molecular flexibility index (Phi) is 4.77. The third-order valence-electron chi connectivity index (χ3n) is 1.95. The molecule has 1 aromatic carbocycles. The largest absolute Gasteiger partial charge is 0.466 e. The van der Waals surface area contributed by atoms with Gasteiger partial charge in [-0.3, -0.25) is 9.59 Å². The Morgan fingerprint density at radius 1 is 1.44 bits per heavy atom. The quantitative estimate of drug-likeness (QED) is 0.618. The number of hydrogen-bond donors (Lipinski definition) is 0. The molecule has 0 atom stereocenters. The predicted molar refractivity (Wildman–Crippen MR) is 62.2 cm³/mol. The van der Waals surface area contributed by atoms with Crippen LogP contribution in [0.2, 0.25) is 10.0 Å². The van der Waals surface area contributed by atoms with E-state index in [0.29, 0.717) is 34.1 Å². The fraction of sp³-hybridized carbons (Fsp3) is 0.273. The topological polar surface area (TPSA) is 43.4 Å². The Balaban J connectivity index is 3.02. The summed E-state index contributed by atoms with van der Waals surface area (Å²) in [7, 11) is 0. The molecule has 16 heavy (non-hydrogen) atoms. The summed E-state index contributed by atoms with van der Waals surface area (Å²) in [5, 5.41) is 0.655. The van der Waals surface area contributed by atoms with Crippen LogP contribution in [0.4, 0.5) is 0 Å². The highest BCUT2D eigenvalue weighted by Gasteiger charge is 2.13. The van der Waals surface area contributed by atoms with E-state index in [1.807, 2.05) is 0 Å². The molecule has 0 amide bonds. The van der Waals surface area contributed by atoms with Gasteiger partial charge < -0.3 is 4.74 Å². The van der Waals surface area contributed by atoms with Gasteiger partial charge in [-0.25, -0.2) is 0 Å². The number of esters is 1. The molecule has 0 radical (unpaired) electrons. The minimum atomic E-state index is -0.421. The Hall–Kier alpha value is -1.06. The molecule has 1 rings (SSSR count). The number of aldehydes is 1. The zero-order chi connectivity index (χ0) is 12.1. The Morgan fingerprint density at radius 2 is 2.12 bits per heavy atom. The van der Waals surface area contributed by atoms with Gasteiger partial charge in [-0.05, 0) is 24.6 Å². The van der Waals surface area contributed by atoms with E-state index in [0.717, 1.165) is 0 Å². The second-order valence-electron chi connectivity index (χ2n) is 3.06. The van der Waals surface area contributed by atoms with Crippen molar-refractivity contribution in [2.24, 2.45) is 0 Å². The van der Waals surface area contributed by atoms with Crippen molar-refractivity contribution >= 4 is 35.5 Å². The van der Waals surface area contributed by atoms with E-state index >= 15 is 0 Å². The van der Waals surface area contributed by atoms with Crippen LogP contribution in [-0.4, -0.2) is 18.9 Å². The maximum absolute atomic E-state index is 11.3. The lowest BCUT2D eigenvalue weighted by Gasteiger charge is -2.07. The van der Waals surface area contributed by atoms with Crippen molar-refractivity contribution in [1.29, 1.82) is 0 Å². The molecule has 0 fully saturated rings. The van der Waals surface area contributed by atoms with E-state index in [4.69, 9.17) is 27.9 Å². The molecule has 0 aliphatic rings. The summed E-state index contributed by atoms with van der Waals surface area (Å²) in [6, 6.07) is 2.96. The molecule has 0 spiro atoms. The third kappa shape index (κ3) is 3.22. The molecule has 0 bridgehead atoms. The lowest BCUT2D eigenvalue weighted by Crippen LogP contribution is -2.09. The van der Waals surface area contributed by atoms with Crippen molar-refractivity contribution in [3.8, 4) is 0 Å². The van der Waals surface area contributed by atoms with Crippen molar-refractivity contribution in [2.45, 2.75) is 13.3 Å². The maximum atomic E-state index is 11.3. The van der Waals surface area contributed by atoms with Crippen molar-refractivity contribution in [1.82, 2.24) is 0 Å². The molecule has 0 aromatic heterocycles. The first-order valence-electron chi connectivity index (χ1n) is 4.67. The molecule has 5 heteroatoms. The first-order valence-corrected chi connectivity index (χ1v) is 5.42. The van der Waals surface area contributed by atoms with Crippen molar-refractivity contribution < 1.29 is 14.3 Å². The van der Waals surface area contributed by atoms with Crippen LogP contribution < -0.4 is 0 Å². The standard InChI is InChI=1S/C11H10Cl2O3/c1-2-16-11(15)5-9-7(6-14)3-8(12)4-10(9)13/h3-4,6H,2,5H2,1H3. The zero-order valence-electron chi connectivity index (χ0n) is 8.63. The Bertz CT molecular complexity index is 416. The van der Waals surface area contributed by atoms with Gasteiger partial charge in [-0.15, -0.1) is 0 Å². The molecular weight excluding hydrogens is 251 g/mol. The van der Waals surface area contributed by atoms with Crippen molar-refractivity contribution in [3.05, 3.63) is 33.3 Å². The van der Waals surface area contributed by atoms with E-state index in [2.05, 4.69) is 0 Å². The lowest BCUT2D eigenvalue weighted by atomic mass is 10.1. The third-order valence-corrected chi connectivity index (χ3v) is 2.50. The molecule has 0 unspecified atom stereocenters. The molecule has 0 aliphatic heterocycles. The van der Waals surface area contributed by atoms with Gasteiger partial charge in [0.1, 0.15) is 6.29 Å². The summed E-state index contributed by atoms with van der Waals surface area (Å²) in [6.07, 6.45) is 0.588. The van der Waals surface area contributed by atoms with Gasteiger partial charge in [-0.1, -0.05) is 23.2 Å². The fourth-order valence-corrected chi connectivity index (χ4v) is 1.85. The monoisotopic (exact) mass is 260 g/mol. The summed E-state index contributed by atoms with van der Waals surface area (Å²) in [5.41, 5.74) is 0.755. The van der Waals surface area contributed by atoms with Crippen molar-refractivity contribution in [2.75, 3.05) is 6.61 Å². The number of ether oxygens (including phenoxy) is 1. The van der Waals surface area contributed by atoms with Gasteiger partial charge in [0, 0.05) is 15.6 Å². The molecule has 1 aromatic rings. The lowest BCUT2D eigenvalue weighted by molar-refractivity contribution is -0.142. The number of carbonyl (C=O) groups is 2. The summed E-state index contributed by atoms with van der Waals surface area (Å²) < 4.78 is 4.78. The van der Waals surface area contributed by atoms with E-state index < -0.39 is 5.97 Å². The zero-order valence-corrected chi connectivity index (χ0v) is 10.1. The Morgan fingerprint density at radius 3 is 2.69 bits per heavy atom. The van der Waals surface area contributed by atoms with Gasteiger partial charge in [-0.2, -0.15) is 0 Å². The van der Waals surface area contributed by atoms with Gasteiger partial charge in [0.05, 0.1) is 13.0 Å². The normalized spacial score (nSPS) is 9.94. The minimum Gasteiger partial charge on any atom is -0.466 e. The summed E-state index contributed by atoms with van der Waals surface area (Å²) in [4.78, 5) is 22.1. The van der Waals surface area contributed by atoms with Crippen LogP contribution in [0.1, 0.15) is 22.8 Å². The van der Waals surface area contributed by atoms with E-state index in [-0.39, 0.29) is 6.42 Å². The van der Waals surface area contributed by atoms with E-state index in [9.17, 15) is 9.59 Å². The number of rotatable bonds is 4. The van der Waals surface area contributed by atoms with Gasteiger partial charge in [0.2, 0.25) is 0 Å². The fourth-order valence-electron chi connectivity index (χ4n) is 1.27. The average Bonchev–Trinajstić information content (AvgIpc) is 2.22. The van der Waals surface area contributed by atoms with Crippen LogP contribution in [0.3, 0.4) is 0 Å². The van der Waals surface area contributed by atoms with Crippen LogP contribution in [0.15, 0.2) is 12.1 Å². The smallest absolute Gasteiger partial charge is 0.310 e. The van der Waals surface area contributed by atoms with Crippen LogP contribution in [0.25, 0.3) is 0 Å². The van der Waals surface area contributed by atoms with E-state index in [1.165, 1.54) is 12.1 Å². The number of benzene rings is 1. The maximum Gasteiger partial charge on any atom is 0.310 e. The van der Waals surface area contributed by atoms with E-state index in [1.54, 1.807) is 6.92 Å². The van der Waals surface area contributed by atoms with Crippen molar-refractivity contribution in [3.63, 3.8) is 0 Å². The number of hydrogen-bond acceptors (Lipinski definition) is 3. The molecule has 86 valence electrons. The highest BCUT2D eigenvalue weighted by molar-refractivity contribution is 6.35. The Labute approximate surface area is 103 Å². The van der Waals surface area contributed by atoms with Crippen LogP contribution >= 0.6 is 23.2 Å². The second-order valence-corrected chi connectivity index (χ2v) is 3.90. The van der Waals surface area contributed by atoms with Crippen LogP contribution in [0.5, 0.6) is 0 Å². The first-order chi connectivity index (χ1) is 7.58. The second kappa shape index (κ2) is 5.87. The number of halogens is 2. The average molecular weight is 261 g/mol. The highest BCUT2D eigenvalue weighted by Crippen LogP contribution is 2.25. The van der Waals surface area contributed by atoms with Gasteiger partial charge >= 0.3 is 5.97 Å². The number of carbonyl (C=O) groups excluding carboxylic acids is 2. The predicted octanol–water partition coefficient (Wildman–Crippen LogP) is 2.91. The van der Waals surface area contributed by atoms with Gasteiger partial charge in [0.25, 0.3) is 0 Å². The summed E-state index contributed by atoms with van der Waals surface area (Å²) in [5.74, 6) is -0.421. The van der Waals surface area contributed by atoms with Crippen LogP contribution in [-0.2, 0) is 16.0 Å². The SMILES string of the molecule is CCOC(=O)Cc1c(Cl)cc(Cl)cc1C=O. The van der Waals surface area contributed by atoms with Gasteiger partial charge in [0.15, 0.2) is 0 Å². The molecule has 0 heterocycles. The molecule has 0 N–H and O–H groups in total. The molecule has 3 nitrogen and oxygen atoms in total. The molecule has 0 saturated heterocycles. The molecule has 0 saturated carbocycles. The molecule has 0 aliphatic carbocycles. The minimum absolute atomic E-state index is 0.0298. The summed E-state index contributed by atoms with van der Waals surface area (Å²) in [6.45, 7) is 2.00. The first kappa shape index (κ1) is 13.0. The molecular formula is C11H10Cl2O3. The highest BCUT2D eigenvalue weighted by atomic mass is 35.5.